The van der Waals surface area contributed by atoms with Crippen LogP contribution in [0.4, 0.5) is 0 Å². The van der Waals surface area contributed by atoms with Crippen molar-refractivity contribution in [3.8, 4) is 17.1 Å². The van der Waals surface area contributed by atoms with Crippen LogP contribution in [0.15, 0.2) is 28.8 Å². The van der Waals surface area contributed by atoms with Gasteiger partial charge in [0.2, 0.25) is 0 Å². The van der Waals surface area contributed by atoms with Gasteiger partial charge in [0.05, 0.1) is 12.8 Å². The second-order valence-electron chi connectivity index (χ2n) is 3.47. The highest BCUT2D eigenvalue weighted by Crippen LogP contribution is 2.27. The summed E-state index contributed by atoms with van der Waals surface area (Å²) in [6, 6.07) is 7.71. The van der Waals surface area contributed by atoms with Crippen molar-refractivity contribution < 1.29 is 9.26 Å². The summed E-state index contributed by atoms with van der Waals surface area (Å²) >= 11 is 4.19. The number of rotatable bonds is 3. The van der Waals surface area contributed by atoms with E-state index < -0.39 is 0 Å². The molecule has 0 unspecified atom stereocenters. The van der Waals surface area contributed by atoms with Crippen LogP contribution >= 0.6 is 12.6 Å². The van der Waals surface area contributed by atoms with Gasteiger partial charge in [-0.05, 0) is 31.2 Å². The zero-order valence-electron chi connectivity index (χ0n) is 9.23. The van der Waals surface area contributed by atoms with Crippen molar-refractivity contribution in [3.05, 3.63) is 35.5 Å². The number of ether oxygens (including phenoxy) is 1. The Morgan fingerprint density at radius 2 is 2.00 bits per heavy atom. The molecule has 2 rings (SSSR count). The van der Waals surface area contributed by atoms with E-state index in [1.165, 1.54) is 0 Å². The van der Waals surface area contributed by atoms with Crippen molar-refractivity contribution in [2.24, 2.45) is 0 Å². The van der Waals surface area contributed by atoms with Gasteiger partial charge in [-0.3, -0.25) is 0 Å². The van der Waals surface area contributed by atoms with Crippen molar-refractivity contribution in [3.63, 3.8) is 0 Å². The normalized spacial score (nSPS) is 10.4. The summed E-state index contributed by atoms with van der Waals surface area (Å²) in [7, 11) is 1.65. The van der Waals surface area contributed by atoms with Gasteiger partial charge in [0.1, 0.15) is 5.75 Å². The monoisotopic (exact) mass is 235 g/mol. The Hall–Kier alpha value is -1.42. The van der Waals surface area contributed by atoms with E-state index in [-0.39, 0.29) is 0 Å². The molecular weight excluding hydrogens is 222 g/mol. The summed E-state index contributed by atoms with van der Waals surface area (Å²) in [5.74, 6) is 2.22. The molecule has 84 valence electrons. The van der Waals surface area contributed by atoms with Crippen LogP contribution in [0.25, 0.3) is 11.3 Å². The van der Waals surface area contributed by atoms with E-state index in [2.05, 4.69) is 17.8 Å². The first-order valence-corrected chi connectivity index (χ1v) is 5.60. The lowest BCUT2D eigenvalue weighted by Gasteiger charge is -2.01. The number of methoxy groups -OCH3 is 1. The zero-order valence-corrected chi connectivity index (χ0v) is 10.1. The predicted octanol–water partition coefficient (Wildman–Crippen LogP) is 3.09. The van der Waals surface area contributed by atoms with Gasteiger partial charge in [0.15, 0.2) is 5.76 Å². The first-order valence-electron chi connectivity index (χ1n) is 4.96. The van der Waals surface area contributed by atoms with E-state index in [0.29, 0.717) is 5.75 Å². The number of hydrogen-bond donors (Lipinski definition) is 1. The fraction of sp³-hybridized carbons (Fsp3) is 0.250. The van der Waals surface area contributed by atoms with Crippen LogP contribution in [0.2, 0.25) is 0 Å². The Morgan fingerprint density at radius 3 is 2.50 bits per heavy atom. The lowest BCUT2D eigenvalue weighted by Crippen LogP contribution is -1.84. The van der Waals surface area contributed by atoms with Gasteiger partial charge in [-0.15, -0.1) is 0 Å². The van der Waals surface area contributed by atoms with Crippen LogP contribution in [-0.4, -0.2) is 12.3 Å². The summed E-state index contributed by atoms with van der Waals surface area (Å²) in [5.41, 5.74) is 2.92. The SMILES string of the molecule is COc1ccc(-c2onc(CS)c2C)cc1. The minimum atomic E-state index is 0.589. The van der Waals surface area contributed by atoms with E-state index in [1.807, 2.05) is 31.2 Å². The lowest BCUT2D eigenvalue weighted by molar-refractivity contribution is 0.414. The fourth-order valence-electron chi connectivity index (χ4n) is 1.53. The molecule has 0 atom stereocenters. The minimum Gasteiger partial charge on any atom is -0.497 e. The van der Waals surface area contributed by atoms with Gasteiger partial charge >= 0.3 is 0 Å². The molecule has 0 aliphatic carbocycles. The Labute approximate surface area is 99.8 Å². The molecule has 0 saturated carbocycles. The molecule has 3 nitrogen and oxygen atoms in total. The number of thiol groups is 1. The van der Waals surface area contributed by atoms with Gasteiger partial charge < -0.3 is 9.26 Å². The average Bonchev–Trinajstić information content (AvgIpc) is 2.70. The second kappa shape index (κ2) is 4.61. The lowest BCUT2D eigenvalue weighted by atomic mass is 10.1. The molecule has 0 radical (unpaired) electrons. The summed E-state index contributed by atoms with van der Waals surface area (Å²) in [6.07, 6.45) is 0. The van der Waals surface area contributed by atoms with E-state index in [0.717, 1.165) is 28.3 Å². The van der Waals surface area contributed by atoms with Gasteiger partial charge in [-0.2, -0.15) is 12.6 Å². The van der Waals surface area contributed by atoms with Crippen molar-refractivity contribution in [2.45, 2.75) is 12.7 Å². The smallest absolute Gasteiger partial charge is 0.170 e. The van der Waals surface area contributed by atoms with Crippen LogP contribution in [0.5, 0.6) is 5.75 Å². The molecule has 0 saturated heterocycles. The van der Waals surface area contributed by atoms with Gasteiger partial charge in [-0.25, -0.2) is 0 Å². The summed E-state index contributed by atoms with van der Waals surface area (Å²) in [5, 5.41) is 3.97. The molecule has 0 amide bonds. The second-order valence-corrected chi connectivity index (χ2v) is 3.79. The zero-order chi connectivity index (χ0) is 11.5. The molecule has 0 aliphatic heterocycles. The molecular formula is C12H13NO2S. The molecule has 0 fully saturated rings. The van der Waals surface area contributed by atoms with Crippen molar-refractivity contribution in [2.75, 3.05) is 7.11 Å². The fourth-order valence-corrected chi connectivity index (χ4v) is 1.82. The summed E-state index contributed by atoms with van der Waals surface area (Å²) in [6.45, 7) is 1.99. The topological polar surface area (TPSA) is 35.3 Å². The van der Waals surface area contributed by atoms with Crippen LogP contribution in [0.3, 0.4) is 0 Å². The first kappa shape index (κ1) is 11.1. The molecule has 1 aromatic carbocycles. The number of hydrogen-bond acceptors (Lipinski definition) is 4. The van der Waals surface area contributed by atoms with Crippen LogP contribution in [0.1, 0.15) is 11.3 Å². The largest absolute Gasteiger partial charge is 0.497 e. The molecule has 0 N–H and O–H groups in total. The van der Waals surface area contributed by atoms with E-state index in [4.69, 9.17) is 9.26 Å². The maximum Gasteiger partial charge on any atom is 0.170 e. The van der Waals surface area contributed by atoms with Gasteiger partial charge in [0, 0.05) is 16.9 Å². The van der Waals surface area contributed by atoms with E-state index in [9.17, 15) is 0 Å². The third kappa shape index (κ3) is 1.93. The maximum atomic E-state index is 5.31. The molecule has 0 spiro atoms. The Balaban J connectivity index is 2.38. The van der Waals surface area contributed by atoms with Crippen molar-refractivity contribution >= 4 is 12.6 Å². The van der Waals surface area contributed by atoms with Gasteiger partial charge in [-0.1, -0.05) is 5.16 Å². The maximum absolute atomic E-state index is 5.31. The van der Waals surface area contributed by atoms with Gasteiger partial charge in [0.25, 0.3) is 0 Å². The van der Waals surface area contributed by atoms with Crippen LogP contribution < -0.4 is 4.74 Å². The first-order chi connectivity index (χ1) is 7.76. The predicted molar refractivity (Wildman–Crippen MR) is 65.9 cm³/mol. The minimum absolute atomic E-state index is 0.589. The average molecular weight is 235 g/mol. The number of nitrogens with zero attached hydrogens (tertiary/aromatic N) is 1. The van der Waals surface area contributed by atoms with E-state index >= 15 is 0 Å². The Kier molecular flexibility index (Phi) is 3.19. The standard InChI is InChI=1S/C12H13NO2S/c1-8-11(7-16)13-15-12(8)9-3-5-10(14-2)6-4-9/h3-6,16H,7H2,1-2H3. The quantitative estimate of drug-likeness (QED) is 0.830. The summed E-state index contributed by atoms with van der Waals surface area (Å²) < 4.78 is 10.4. The van der Waals surface area contributed by atoms with E-state index in [1.54, 1.807) is 7.11 Å². The van der Waals surface area contributed by atoms with Crippen LogP contribution in [0, 0.1) is 6.92 Å². The number of aromatic nitrogens is 1. The van der Waals surface area contributed by atoms with Crippen LogP contribution in [-0.2, 0) is 5.75 Å². The Morgan fingerprint density at radius 1 is 1.31 bits per heavy atom. The molecule has 4 heteroatoms. The highest BCUT2D eigenvalue weighted by Gasteiger charge is 2.12. The summed E-state index contributed by atoms with van der Waals surface area (Å²) in [4.78, 5) is 0. The molecule has 2 aromatic rings. The molecule has 1 aromatic heterocycles. The third-order valence-corrected chi connectivity index (χ3v) is 2.82. The Bertz CT molecular complexity index is 476. The number of benzene rings is 1. The highest BCUT2D eigenvalue weighted by atomic mass is 32.1. The van der Waals surface area contributed by atoms with Crippen molar-refractivity contribution in [1.29, 1.82) is 0 Å². The molecule has 0 bridgehead atoms. The van der Waals surface area contributed by atoms with Crippen molar-refractivity contribution in [1.82, 2.24) is 5.16 Å². The highest BCUT2D eigenvalue weighted by molar-refractivity contribution is 7.79. The molecule has 0 aliphatic rings. The molecule has 1 heterocycles. The third-order valence-electron chi connectivity index (χ3n) is 2.52. The molecule has 16 heavy (non-hydrogen) atoms.